The first-order valence-corrected chi connectivity index (χ1v) is 7.98. The molecule has 1 aliphatic heterocycles. The van der Waals surface area contributed by atoms with Crippen LogP contribution in [0.25, 0.3) is 0 Å². The molecule has 2 rings (SSSR count). The van der Waals surface area contributed by atoms with Crippen molar-refractivity contribution >= 4 is 11.8 Å². The molecule has 1 fully saturated rings. The number of hydrogen-bond donors (Lipinski definition) is 0. The second-order valence-electron chi connectivity index (χ2n) is 6.40. The molecule has 2 heterocycles. The van der Waals surface area contributed by atoms with E-state index in [1.54, 1.807) is 30.8 Å². The van der Waals surface area contributed by atoms with E-state index in [2.05, 4.69) is 9.88 Å². The van der Waals surface area contributed by atoms with Gasteiger partial charge in [-0.25, -0.2) is 0 Å². The van der Waals surface area contributed by atoms with Crippen molar-refractivity contribution in [3.63, 3.8) is 0 Å². The Morgan fingerprint density at radius 1 is 1.26 bits per heavy atom. The van der Waals surface area contributed by atoms with E-state index in [0.29, 0.717) is 26.2 Å². The van der Waals surface area contributed by atoms with Crippen molar-refractivity contribution in [3.05, 3.63) is 29.6 Å². The van der Waals surface area contributed by atoms with Crippen LogP contribution >= 0.6 is 0 Å². The largest absolute Gasteiger partial charge is 0.348 e. The Morgan fingerprint density at radius 2 is 2.00 bits per heavy atom. The van der Waals surface area contributed by atoms with E-state index in [1.807, 2.05) is 25.1 Å². The SMILES string of the molecule is CC(=O)N1CCN(Cc2cccc(C)n2)C[C@H](C(=O)N(C)C)C1. The number of pyridine rings is 1. The molecule has 0 aliphatic carbocycles. The second-order valence-corrected chi connectivity index (χ2v) is 6.40. The maximum Gasteiger partial charge on any atom is 0.228 e. The minimum absolute atomic E-state index is 0.0251. The third-order valence-corrected chi connectivity index (χ3v) is 4.17. The van der Waals surface area contributed by atoms with E-state index in [-0.39, 0.29) is 17.7 Å². The summed E-state index contributed by atoms with van der Waals surface area (Å²) in [7, 11) is 3.52. The van der Waals surface area contributed by atoms with E-state index in [9.17, 15) is 9.59 Å². The number of carbonyl (C=O) groups excluding carboxylic acids is 2. The molecule has 1 aromatic heterocycles. The van der Waals surface area contributed by atoms with Crippen LogP contribution in [-0.4, -0.2) is 71.8 Å². The summed E-state index contributed by atoms with van der Waals surface area (Å²) in [4.78, 5) is 34.3. The molecule has 23 heavy (non-hydrogen) atoms. The van der Waals surface area contributed by atoms with Crippen LogP contribution in [0.1, 0.15) is 18.3 Å². The Morgan fingerprint density at radius 3 is 2.61 bits per heavy atom. The Hall–Kier alpha value is -1.95. The number of rotatable bonds is 3. The van der Waals surface area contributed by atoms with Crippen LogP contribution < -0.4 is 0 Å². The summed E-state index contributed by atoms with van der Waals surface area (Å²) in [6.07, 6.45) is 0. The van der Waals surface area contributed by atoms with Crippen molar-refractivity contribution in [1.29, 1.82) is 0 Å². The molecule has 1 atom stereocenters. The molecule has 1 saturated heterocycles. The smallest absolute Gasteiger partial charge is 0.228 e. The van der Waals surface area contributed by atoms with Crippen molar-refractivity contribution in [2.24, 2.45) is 5.92 Å². The fourth-order valence-electron chi connectivity index (χ4n) is 2.95. The highest BCUT2D eigenvalue weighted by Gasteiger charge is 2.30. The molecule has 1 aliphatic rings. The number of carbonyl (C=O) groups is 2. The van der Waals surface area contributed by atoms with Crippen molar-refractivity contribution in [2.45, 2.75) is 20.4 Å². The molecule has 6 nitrogen and oxygen atoms in total. The molecule has 0 bridgehead atoms. The average Bonchev–Trinajstić information content (AvgIpc) is 2.69. The number of aromatic nitrogens is 1. The topological polar surface area (TPSA) is 56.8 Å². The molecule has 0 radical (unpaired) electrons. The molecule has 0 aromatic carbocycles. The molecule has 0 saturated carbocycles. The summed E-state index contributed by atoms with van der Waals surface area (Å²) in [5, 5.41) is 0. The molecule has 0 N–H and O–H groups in total. The van der Waals surface area contributed by atoms with Crippen molar-refractivity contribution in [3.8, 4) is 0 Å². The van der Waals surface area contributed by atoms with Crippen molar-refractivity contribution in [2.75, 3.05) is 40.3 Å². The quantitative estimate of drug-likeness (QED) is 0.826. The first-order chi connectivity index (χ1) is 10.9. The third-order valence-electron chi connectivity index (χ3n) is 4.17. The van der Waals surface area contributed by atoms with Gasteiger partial charge in [0, 0.05) is 59.4 Å². The highest BCUT2D eigenvalue weighted by Crippen LogP contribution is 2.14. The van der Waals surface area contributed by atoms with Crippen LogP contribution in [0.4, 0.5) is 0 Å². The standard InChI is InChI=1S/C17H26N4O2/c1-13-6-5-7-16(18-13)12-20-8-9-21(14(2)22)11-15(10-20)17(23)19(3)4/h5-7,15H,8-12H2,1-4H3/t15-/m0/s1. The molecule has 2 amide bonds. The third kappa shape index (κ3) is 4.76. The lowest BCUT2D eigenvalue weighted by Crippen LogP contribution is -2.41. The molecular weight excluding hydrogens is 292 g/mol. The molecule has 126 valence electrons. The van der Waals surface area contributed by atoms with Gasteiger partial charge >= 0.3 is 0 Å². The van der Waals surface area contributed by atoms with Crippen molar-refractivity contribution in [1.82, 2.24) is 19.7 Å². The maximum absolute atomic E-state index is 12.4. The van der Waals surface area contributed by atoms with E-state index >= 15 is 0 Å². The molecular formula is C17H26N4O2. The van der Waals surface area contributed by atoms with Gasteiger partial charge in [0.25, 0.3) is 0 Å². The fraction of sp³-hybridized carbons (Fsp3) is 0.588. The summed E-state index contributed by atoms with van der Waals surface area (Å²) in [6, 6.07) is 5.98. The first-order valence-electron chi connectivity index (χ1n) is 7.98. The monoisotopic (exact) mass is 318 g/mol. The minimum Gasteiger partial charge on any atom is -0.348 e. The van der Waals surface area contributed by atoms with Gasteiger partial charge in [-0.05, 0) is 19.1 Å². The number of aryl methyl sites for hydroxylation is 1. The van der Waals surface area contributed by atoms with Gasteiger partial charge in [-0.3, -0.25) is 19.5 Å². The van der Waals surface area contributed by atoms with Gasteiger partial charge < -0.3 is 9.80 Å². The average molecular weight is 318 g/mol. The second kappa shape index (κ2) is 7.55. The van der Waals surface area contributed by atoms with Crippen LogP contribution in [-0.2, 0) is 16.1 Å². The summed E-state index contributed by atoms with van der Waals surface area (Å²) >= 11 is 0. The molecule has 6 heteroatoms. The maximum atomic E-state index is 12.4. The molecule has 1 aromatic rings. The number of hydrogen-bond acceptors (Lipinski definition) is 4. The summed E-state index contributed by atoms with van der Waals surface area (Å²) in [5.41, 5.74) is 1.99. The van der Waals surface area contributed by atoms with Gasteiger partial charge in [0.05, 0.1) is 11.6 Å². The van der Waals surface area contributed by atoms with E-state index < -0.39 is 0 Å². The zero-order valence-electron chi connectivity index (χ0n) is 14.5. The number of amides is 2. The Balaban J connectivity index is 2.13. The lowest BCUT2D eigenvalue weighted by molar-refractivity contribution is -0.135. The van der Waals surface area contributed by atoms with E-state index in [1.165, 1.54) is 0 Å². The predicted octanol–water partition coefficient (Wildman–Crippen LogP) is 0.759. The highest BCUT2D eigenvalue weighted by molar-refractivity contribution is 5.80. The predicted molar refractivity (Wildman–Crippen MR) is 88.7 cm³/mol. The molecule has 0 unspecified atom stereocenters. The number of nitrogens with zero attached hydrogens (tertiary/aromatic N) is 4. The normalized spacial score (nSPS) is 19.3. The summed E-state index contributed by atoms with van der Waals surface area (Å²) in [6.45, 7) is 6.78. The Bertz CT molecular complexity index is 573. The van der Waals surface area contributed by atoms with Gasteiger partial charge in [-0.15, -0.1) is 0 Å². The summed E-state index contributed by atoms with van der Waals surface area (Å²) < 4.78 is 0. The molecule has 0 spiro atoms. The van der Waals surface area contributed by atoms with Crippen LogP contribution in [0.3, 0.4) is 0 Å². The van der Waals surface area contributed by atoms with Gasteiger partial charge in [-0.2, -0.15) is 0 Å². The van der Waals surface area contributed by atoms with Crippen LogP contribution in [0.2, 0.25) is 0 Å². The fourth-order valence-corrected chi connectivity index (χ4v) is 2.95. The van der Waals surface area contributed by atoms with Gasteiger partial charge in [-0.1, -0.05) is 6.07 Å². The van der Waals surface area contributed by atoms with Crippen molar-refractivity contribution < 1.29 is 9.59 Å². The van der Waals surface area contributed by atoms with E-state index in [4.69, 9.17) is 0 Å². The minimum atomic E-state index is -0.193. The highest BCUT2D eigenvalue weighted by atomic mass is 16.2. The first kappa shape index (κ1) is 17.4. The Labute approximate surface area is 138 Å². The van der Waals surface area contributed by atoms with Crippen LogP contribution in [0.5, 0.6) is 0 Å². The van der Waals surface area contributed by atoms with Crippen LogP contribution in [0, 0.1) is 12.8 Å². The van der Waals surface area contributed by atoms with Crippen LogP contribution in [0.15, 0.2) is 18.2 Å². The van der Waals surface area contributed by atoms with E-state index in [0.717, 1.165) is 17.9 Å². The lowest BCUT2D eigenvalue weighted by atomic mass is 10.1. The lowest BCUT2D eigenvalue weighted by Gasteiger charge is -2.25. The van der Waals surface area contributed by atoms with Gasteiger partial charge in [0.15, 0.2) is 0 Å². The Kier molecular flexibility index (Phi) is 5.71. The zero-order valence-corrected chi connectivity index (χ0v) is 14.5. The van der Waals surface area contributed by atoms with Gasteiger partial charge in [0.1, 0.15) is 0 Å². The zero-order chi connectivity index (χ0) is 17.0. The van der Waals surface area contributed by atoms with Gasteiger partial charge in [0.2, 0.25) is 11.8 Å². The summed E-state index contributed by atoms with van der Waals surface area (Å²) in [5.74, 6) is -0.0985.